The fraction of sp³-hybridized carbons (Fsp3) is 0.429. The Morgan fingerprint density at radius 1 is 1.25 bits per heavy atom. The van der Waals surface area contributed by atoms with E-state index < -0.39 is 0 Å². The third kappa shape index (κ3) is 3.04. The maximum atomic E-state index is 6.13. The van der Waals surface area contributed by atoms with E-state index in [1.165, 1.54) is 0 Å². The normalized spacial score (nSPS) is 20.8. The number of ether oxygens (including phenoxy) is 2. The molecule has 1 aromatic carbocycles. The maximum absolute atomic E-state index is 6.13. The van der Waals surface area contributed by atoms with Crippen LogP contribution in [0, 0.1) is 0 Å². The minimum atomic E-state index is -0.241. The largest absolute Gasteiger partial charge is 0.376 e. The molecular formula is C14H17N3O3. The van der Waals surface area contributed by atoms with Gasteiger partial charge in [0.1, 0.15) is 6.10 Å². The van der Waals surface area contributed by atoms with Crippen molar-refractivity contribution in [3.8, 4) is 0 Å². The van der Waals surface area contributed by atoms with Crippen LogP contribution in [0.1, 0.15) is 29.4 Å². The maximum Gasteiger partial charge on any atom is 0.228 e. The lowest BCUT2D eigenvalue weighted by Crippen LogP contribution is -2.22. The second kappa shape index (κ2) is 6.13. The monoisotopic (exact) mass is 275 g/mol. The van der Waals surface area contributed by atoms with Gasteiger partial charge < -0.3 is 19.7 Å². The summed E-state index contributed by atoms with van der Waals surface area (Å²) in [6, 6.07) is 9.69. The smallest absolute Gasteiger partial charge is 0.228 e. The van der Waals surface area contributed by atoms with E-state index in [9.17, 15) is 0 Å². The Morgan fingerprint density at radius 2 is 2.10 bits per heavy atom. The molecule has 2 unspecified atom stereocenters. The van der Waals surface area contributed by atoms with E-state index >= 15 is 0 Å². The highest BCUT2D eigenvalue weighted by molar-refractivity contribution is 5.19. The van der Waals surface area contributed by atoms with Gasteiger partial charge in [0.2, 0.25) is 11.7 Å². The van der Waals surface area contributed by atoms with E-state index in [1.807, 2.05) is 30.3 Å². The van der Waals surface area contributed by atoms with Crippen molar-refractivity contribution in [2.75, 3.05) is 19.8 Å². The molecule has 0 spiro atoms. The van der Waals surface area contributed by atoms with Gasteiger partial charge in [0.15, 0.2) is 0 Å². The molecule has 6 heteroatoms. The van der Waals surface area contributed by atoms with E-state index in [1.54, 1.807) is 0 Å². The highest BCUT2D eigenvalue weighted by atomic mass is 16.6. The molecule has 2 heterocycles. The van der Waals surface area contributed by atoms with E-state index in [0.29, 0.717) is 38.0 Å². The fourth-order valence-corrected chi connectivity index (χ4v) is 2.12. The Bertz CT molecular complexity index is 538. The van der Waals surface area contributed by atoms with Gasteiger partial charge in [-0.05, 0) is 5.56 Å². The summed E-state index contributed by atoms with van der Waals surface area (Å²) in [6.07, 6.45) is 0.263. The minimum Gasteiger partial charge on any atom is -0.376 e. The zero-order chi connectivity index (χ0) is 13.8. The number of aromatic nitrogens is 2. The van der Waals surface area contributed by atoms with Crippen molar-refractivity contribution in [2.45, 2.75) is 18.6 Å². The van der Waals surface area contributed by atoms with Crippen molar-refractivity contribution in [2.24, 2.45) is 5.73 Å². The van der Waals surface area contributed by atoms with Gasteiger partial charge >= 0.3 is 0 Å². The lowest BCUT2D eigenvalue weighted by atomic mass is 10.1. The SMILES string of the molecule is NC(Cc1nc(C2COCCO2)no1)c1ccccc1. The Balaban J connectivity index is 1.65. The van der Waals surface area contributed by atoms with E-state index in [-0.39, 0.29) is 12.1 Å². The molecule has 0 saturated carbocycles. The zero-order valence-corrected chi connectivity index (χ0v) is 11.1. The second-order valence-corrected chi connectivity index (χ2v) is 4.70. The van der Waals surface area contributed by atoms with Gasteiger partial charge in [0.25, 0.3) is 0 Å². The number of hydrogen-bond donors (Lipinski definition) is 1. The molecule has 20 heavy (non-hydrogen) atoms. The van der Waals surface area contributed by atoms with Crippen molar-refractivity contribution in [1.82, 2.24) is 10.1 Å². The molecule has 1 fully saturated rings. The topological polar surface area (TPSA) is 83.4 Å². The van der Waals surface area contributed by atoms with Crippen LogP contribution in [-0.2, 0) is 15.9 Å². The van der Waals surface area contributed by atoms with Crippen LogP contribution in [0.2, 0.25) is 0 Å². The van der Waals surface area contributed by atoms with Crippen LogP contribution in [0.25, 0.3) is 0 Å². The van der Waals surface area contributed by atoms with Crippen molar-refractivity contribution in [1.29, 1.82) is 0 Å². The van der Waals surface area contributed by atoms with Gasteiger partial charge in [-0.25, -0.2) is 0 Å². The van der Waals surface area contributed by atoms with Crippen molar-refractivity contribution in [3.05, 3.63) is 47.6 Å². The molecule has 2 aromatic rings. The lowest BCUT2D eigenvalue weighted by molar-refractivity contribution is -0.0941. The van der Waals surface area contributed by atoms with Gasteiger partial charge in [0.05, 0.1) is 19.8 Å². The zero-order valence-electron chi connectivity index (χ0n) is 11.1. The first-order valence-corrected chi connectivity index (χ1v) is 6.65. The van der Waals surface area contributed by atoms with Crippen LogP contribution >= 0.6 is 0 Å². The molecule has 1 saturated heterocycles. The van der Waals surface area contributed by atoms with Crippen LogP contribution in [0.15, 0.2) is 34.9 Å². The number of benzene rings is 1. The van der Waals surface area contributed by atoms with Crippen molar-refractivity contribution in [3.63, 3.8) is 0 Å². The van der Waals surface area contributed by atoms with Crippen molar-refractivity contribution < 1.29 is 14.0 Å². The van der Waals surface area contributed by atoms with E-state index in [4.69, 9.17) is 19.7 Å². The van der Waals surface area contributed by atoms with Crippen LogP contribution in [-0.4, -0.2) is 30.0 Å². The summed E-state index contributed by atoms with van der Waals surface area (Å²) in [4.78, 5) is 4.34. The summed E-state index contributed by atoms with van der Waals surface area (Å²) in [7, 11) is 0. The van der Waals surface area contributed by atoms with Crippen molar-refractivity contribution >= 4 is 0 Å². The summed E-state index contributed by atoms with van der Waals surface area (Å²) >= 11 is 0. The molecule has 0 aliphatic carbocycles. The number of nitrogens with two attached hydrogens (primary N) is 1. The first-order valence-electron chi connectivity index (χ1n) is 6.65. The molecule has 0 bridgehead atoms. The fourth-order valence-electron chi connectivity index (χ4n) is 2.12. The van der Waals surface area contributed by atoms with Gasteiger partial charge in [-0.2, -0.15) is 4.98 Å². The summed E-state index contributed by atoms with van der Waals surface area (Å²) in [5, 5.41) is 3.94. The molecule has 1 aliphatic heterocycles. The minimum absolute atomic E-state index is 0.159. The number of rotatable bonds is 4. The van der Waals surface area contributed by atoms with Crippen LogP contribution in [0.5, 0.6) is 0 Å². The third-order valence-corrected chi connectivity index (χ3v) is 3.21. The van der Waals surface area contributed by atoms with Gasteiger partial charge in [-0.3, -0.25) is 0 Å². The van der Waals surface area contributed by atoms with Crippen LogP contribution < -0.4 is 5.73 Å². The Kier molecular flexibility index (Phi) is 4.05. The first-order chi connectivity index (χ1) is 9.83. The van der Waals surface area contributed by atoms with E-state index in [0.717, 1.165) is 5.56 Å². The molecular weight excluding hydrogens is 258 g/mol. The van der Waals surface area contributed by atoms with E-state index in [2.05, 4.69) is 10.1 Å². The molecule has 0 radical (unpaired) electrons. The highest BCUT2D eigenvalue weighted by Gasteiger charge is 2.23. The molecule has 6 nitrogen and oxygen atoms in total. The number of hydrogen-bond acceptors (Lipinski definition) is 6. The molecule has 106 valence electrons. The number of nitrogens with zero attached hydrogens (tertiary/aromatic N) is 2. The molecule has 2 atom stereocenters. The Labute approximate surface area is 116 Å². The average molecular weight is 275 g/mol. The molecule has 1 aromatic heterocycles. The van der Waals surface area contributed by atoms with Crippen LogP contribution in [0.3, 0.4) is 0 Å². The summed E-state index contributed by atoms with van der Waals surface area (Å²) < 4.78 is 16.1. The summed E-state index contributed by atoms with van der Waals surface area (Å²) in [5.41, 5.74) is 7.18. The summed E-state index contributed by atoms with van der Waals surface area (Å²) in [6.45, 7) is 1.63. The lowest BCUT2D eigenvalue weighted by Gasteiger charge is -2.19. The third-order valence-electron chi connectivity index (χ3n) is 3.21. The Morgan fingerprint density at radius 3 is 2.85 bits per heavy atom. The molecule has 2 N–H and O–H groups in total. The van der Waals surface area contributed by atoms with Crippen LogP contribution in [0.4, 0.5) is 0 Å². The van der Waals surface area contributed by atoms with Gasteiger partial charge in [-0.15, -0.1) is 0 Å². The molecule has 1 aliphatic rings. The standard InChI is InChI=1S/C14H17N3O3/c15-11(10-4-2-1-3-5-10)8-13-16-14(17-20-13)12-9-18-6-7-19-12/h1-5,11-12H,6-9,15H2. The van der Waals surface area contributed by atoms with Gasteiger partial charge in [-0.1, -0.05) is 35.5 Å². The molecule has 0 amide bonds. The average Bonchev–Trinajstić information content (AvgIpc) is 2.97. The Hall–Kier alpha value is -1.76. The molecule has 3 rings (SSSR count). The predicted molar refractivity (Wildman–Crippen MR) is 70.9 cm³/mol. The summed E-state index contributed by atoms with van der Waals surface area (Å²) in [5.74, 6) is 1.05. The van der Waals surface area contributed by atoms with Gasteiger partial charge in [0, 0.05) is 12.5 Å². The predicted octanol–water partition coefficient (Wildman–Crippen LogP) is 1.40. The highest BCUT2D eigenvalue weighted by Crippen LogP contribution is 2.20. The first kappa shape index (κ1) is 13.2. The second-order valence-electron chi connectivity index (χ2n) is 4.70. The quantitative estimate of drug-likeness (QED) is 0.908.